The lowest BCUT2D eigenvalue weighted by atomic mass is 9.43. The molecular weight excluding hydrogens is 396 g/mol. The van der Waals surface area contributed by atoms with Crippen molar-refractivity contribution in [3.8, 4) is 0 Å². The van der Waals surface area contributed by atoms with E-state index in [0.717, 1.165) is 24.2 Å². The second-order valence-corrected chi connectivity index (χ2v) is 13.0. The third-order valence-corrected chi connectivity index (χ3v) is 11.5. The Morgan fingerprint density at radius 2 is 1.56 bits per heavy atom. The maximum atomic E-state index is 11.7. The van der Waals surface area contributed by atoms with Crippen LogP contribution in [0, 0.1) is 40.4 Å². The van der Waals surface area contributed by atoms with Crippen molar-refractivity contribution in [2.75, 3.05) is 14.2 Å². The molecular formula is C29H52O3. The van der Waals surface area contributed by atoms with E-state index in [-0.39, 0.29) is 0 Å². The largest absolute Gasteiger partial charge is 0.390 e. The van der Waals surface area contributed by atoms with Crippen LogP contribution in [0.5, 0.6) is 0 Å². The minimum Gasteiger partial charge on any atom is -0.390 e. The molecule has 4 aliphatic carbocycles. The molecule has 4 saturated carbocycles. The van der Waals surface area contributed by atoms with E-state index in [2.05, 4.69) is 27.7 Å². The van der Waals surface area contributed by atoms with Gasteiger partial charge in [-0.25, -0.2) is 0 Å². The van der Waals surface area contributed by atoms with E-state index in [4.69, 9.17) is 9.47 Å². The van der Waals surface area contributed by atoms with Crippen LogP contribution in [0.3, 0.4) is 0 Å². The Bertz CT molecular complexity index is 632. The van der Waals surface area contributed by atoms with Gasteiger partial charge in [-0.15, -0.1) is 0 Å². The number of methoxy groups -OCH3 is 2. The first-order valence-corrected chi connectivity index (χ1v) is 14.0. The van der Waals surface area contributed by atoms with Crippen LogP contribution in [-0.2, 0) is 9.47 Å². The van der Waals surface area contributed by atoms with Gasteiger partial charge in [0.1, 0.15) is 0 Å². The molecule has 4 aliphatic rings. The summed E-state index contributed by atoms with van der Waals surface area (Å²) in [5.41, 5.74) is 0.170. The summed E-state index contributed by atoms with van der Waals surface area (Å²) in [4.78, 5) is 0. The van der Waals surface area contributed by atoms with E-state index in [1.807, 2.05) is 14.2 Å². The van der Waals surface area contributed by atoms with E-state index >= 15 is 0 Å². The van der Waals surface area contributed by atoms with Gasteiger partial charge in [0.15, 0.2) is 0 Å². The molecule has 0 radical (unpaired) electrons. The van der Waals surface area contributed by atoms with E-state index in [1.54, 1.807) is 0 Å². The van der Waals surface area contributed by atoms with Crippen molar-refractivity contribution in [1.29, 1.82) is 0 Å². The van der Waals surface area contributed by atoms with Crippen molar-refractivity contribution in [2.45, 2.75) is 129 Å². The molecule has 0 spiro atoms. The first-order valence-electron chi connectivity index (χ1n) is 14.0. The first-order chi connectivity index (χ1) is 15.2. The summed E-state index contributed by atoms with van der Waals surface area (Å²) in [6, 6.07) is 0. The van der Waals surface area contributed by atoms with Gasteiger partial charge in [0, 0.05) is 14.2 Å². The predicted octanol–water partition coefficient (Wildman–Crippen LogP) is 7.01. The van der Waals surface area contributed by atoms with Crippen LogP contribution in [0.1, 0.15) is 111 Å². The highest BCUT2D eigenvalue weighted by Gasteiger charge is 2.64. The minimum atomic E-state index is -0.512. The van der Waals surface area contributed by atoms with Crippen molar-refractivity contribution < 1.29 is 14.6 Å². The molecule has 186 valence electrons. The summed E-state index contributed by atoms with van der Waals surface area (Å²) in [6.45, 7) is 9.60. The second kappa shape index (κ2) is 9.50. The van der Waals surface area contributed by atoms with Gasteiger partial charge in [-0.1, -0.05) is 46.5 Å². The maximum Gasteiger partial charge on any atom is 0.0653 e. The molecule has 0 aliphatic heterocycles. The molecule has 1 unspecified atom stereocenters. The van der Waals surface area contributed by atoms with Crippen molar-refractivity contribution in [1.82, 2.24) is 0 Å². The molecule has 0 aromatic heterocycles. The standard InChI is InChI=1S/C29H52O3/c1-7-8-9-10-15-29(4,30)26-12-11-22-21-19-25(32-6)24-18-20(31-5)13-16-27(24,2)23(21)14-17-28(22,26)3/h20-26,30H,7-19H2,1-6H3/t20-,21-,22?,23-,24+,25-,26-,27+,28-,29-/m0/s1. The third kappa shape index (κ3) is 4.11. The van der Waals surface area contributed by atoms with Crippen molar-refractivity contribution in [3.05, 3.63) is 0 Å². The Morgan fingerprint density at radius 3 is 2.25 bits per heavy atom. The van der Waals surface area contributed by atoms with Crippen LogP contribution in [0.15, 0.2) is 0 Å². The maximum absolute atomic E-state index is 11.7. The van der Waals surface area contributed by atoms with Crippen LogP contribution in [-0.4, -0.2) is 37.1 Å². The Morgan fingerprint density at radius 1 is 0.844 bits per heavy atom. The third-order valence-electron chi connectivity index (χ3n) is 11.5. The number of unbranched alkanes of at least 4 members (excludes halogenated alkanes) is 3. The smallest absolute Gasteiger partial charge is 0.0653 e. The van der Waals surface area contributed by atoms with Gasteiger partial charge in [0.05, 0.1) is 17.8 Å². The molecule has 32 heavy (non-hydrogen) atoms. The molecule has 3 nitrogen and oxygen atoms in total. The number of rotatable bonds is 8. The molecule has 0 aromatic carbocycles. The van der Waals surface area contributed by atoms with Gasteiger partial charge in [-0.3, -0.25) is 0 Å². The zero-order valence-electron chi connectivity index (χ0n) is 22.0. The van der Waals surface area contributed by atoms with Gasteiger partial charge < -0.3 is 14.6 Å². The quantitative estimate of drug-likeness (QED) is 0.406. The topological polar surface area (TPSA) is 38.7 Å². The number of fused-ring (bicyclic) bond motifs is 5. The monoisotopic (exact) mass is 448 g/mol. The van der Waals surface area contributed by atoms with Gasteiger partial charge in [-0.2, -0.15) is 0 Å². The minimum absolute atomic E-state index is 0.292. The molecule has 1 N–H and O–H groups in total. The zero-order chi connectivity index (χ0) is 23.1. The van der Waals surface area contributed by atoms with Crippen molar-refractivity contribution >= 4 is 0 Å². The normalized spacial score (nSPS) is 47.9. The lowest BCUT2D eigenvalue weighted by Gasteiger charge is -2.63. The Kier molecular flexibility index (Phi) is 7.42. The van der Waals surface area contributed by atoms with Gasteiger partial charge in [0.25, 0.3) is 0 Å². The predicted molar refractivity (Wildman–Crippen MR) is 132 cm³/mol. The van der Waals surface area contributed by atoms with Crippen molar-refractivity contribution in [2.24, 2.45) is 40.4 Å². The van der Waals surface area contributed by atoms with Crippen LogP contribution in [0.2, 0.25) is 0 Å². The number of hydrogen-bond acceptors (Lipinski definition) is 3. The summed E-state index contributed by atoms with van der Waals surface area (Å²) in [7, 11) is 3.84. The second-order valence-electron chi connectivity index (χ2n) is 13.0. The van der Waals surface area contributed by atoms with E-state index < -0.39 is 5.60 Å². The lowest BCUT2D eigenvalue weighted by molar-refractivity contribution is -0.187. The molecule has 0 heterocycles. The number of aliphatic hydroxyl groups is 1. The molecule has 4 fully saturated rings. The molecule has 0 bridgehead atoms. The van der Waals surface area contributed by atoms with Gasteiger partial charge >= 0.3 is 0 Å². The molecule has 4 rings (SSSR count). The fraction of sp³-hybridized carbons (Fsp3) is 1.00. The van der Waals surface area contributed by atoms with Crippen molar-refractivity contribution in [3.63, 3.8) is 0 Å². The Balaban J connectivity index is 1.53. The summed E-state index contributed by atoms with van der Waals surface area (Å²) in [6.07, 6.45) is 16.8. The Hall–Kier alpha value is -0.120. The molecule has 0 saturated heterocycles. The summed E-state index contributed by atoms with van der Waals surface area (Å²) in [5.74, 6) is 3.43. The molecule has 10 atom stereocenters. The fourth-order valence-electron chi connectivity index (χ4n) is 9.81. The SMILES string of the molecule is CCCCCC[C@](C)(O)[C@H]1CCC2[C@@H]3C[C@H](OC)[C@H]4C[C@@H](OC)CC[C@]4(C)[C@H]3CC[C@@]21C. The highest BCUT2D eigenvalue weighted by molar-refractivity contribution is 5.13. The average Bonchev–Trinajstić information content (AvgIpc) is 3.14. The molecule has 0 aromatic rings. The molecule has 3 heteroatoms. The lowest BCUT2D eigenvalue weighted by Crippen LogP contribution is -2.59. The highest BCUT2D eigenvalue weighted by atomic mass is 16.5. The van der Waals surface area contributed by atoms with Crippen LogP contribution >= 0.6 is 0 Å². The summed E-state index contributed by atoms with van der Waals surface area (Å²) in [5, 5.41) is 11.7. The average molecular weight is 449 g/mol. The van der Waals surface area contributed by atoms with Gasteiger partial charge in [-0.05, 0) is 105 Å². The first kappa shape index (κ1) is 25.0. The fourth-order valence-corrected chi connectivity index (χ4v) is 9.81. The zero-order valence-corrected chi connectivity index (χ0v) is 22.0. The number of ether oxygens (including phenoxy) is 2. The van der Waals surface area contributed by atoms with Gasteiger partial charge in [0.2, 0.25) is 0 Å². The highest BCUT2D eigenvalue weighted by Crippen LogP contribution is 2.69. The van der Waals surface area contributed by atoms with E-state index in [1.165, 1.54) is 77.0 Å². The van der Waals surface area contributed by atoms with E-state index in [0.29, 0.717) is 34.9 Å². The van der Waals surface area contributed by atoms with Crippen LogP contribution in [0.4, 0.5) is 0 Å². The summed E-state index contributed by atoms with van der Waals surface area (Å²) < 4.78 is 12.0. The van der Waals surface area contributed by atoms with Crippen LogP contribution < -0.4 is 0 Å². The summed E-state index contributed by atoms with van der Waals surface area (Å²) >= 11 is 0. The van der Waals surface area contributed by atoms with E-state index in [9.17, 15) is 5.11 Å². The number of hydrogen-bond donors (Lipinski definition) is 1. The Labute approximate surface area is 198 Å². The molecule has 0 amide bonds. The van der Waals surface area contributed by atoms with Crippen LogP contribution in [0.25, 0.3) is 0 Å².